The van der Waals surface area contributed by atoms with Crippen molar-refractivity contribution in [2.24, 2.45) is 0 Å². The van der Waals surface area contributed by atoms with Crippen molar-refractivity contribution in [2.75, 3.05) is 11.0 Å². The maximum absolute atomic E-state index is 11.2. The van der Waals surface area contributed by atoms with E-state index in [1.54, 1.807) is 23.5 Å². The van der Waals surface area contributed by atoms with Gasteiger partial charge in [0.1, 0.15) is 5.01 Å². The Morgan fingerprint density at radius 2 is 1.83 bits per heavy atom. The molecule has 3 rings (SSSR count). The molecule has 0 unspecified atom stereocenters. The molecule has 0 amide bonds. The van der Waals surface area contributed by atoms with E-state index in [4.69, 9.17) is 0 Å². The average Bonchev–Trinajstić information content (AvgIpc) is 2.96. The molecule has 0 fully saturated rings. The van der Waals surface area contributed by atoms with Gasteiger partial charge in [-0.25, -0.2) is 13.4 Å². The highest BCUT2D eigenvalue weighted by molar-refractivity contribution is 9.10. The van der Waals surface area contributed by atoms with Crippen LogP contribution in [0.4, 0.5) is 5.69 Å². The molecule has 0 radical (unpaired) electrons. The highest BCUT2D eigenvalue weighted by atomic mass is 79.9. The van der Waals surface area contributed by atoms with Crippen LogP contribution in [0.25, 0.3) is 21.8 Å². The normalized spacial score (nSPS) is 11.4. The second kappa shape index (κ2) is 6.43. The first-order valence-electron chi connectivity index (χ1n) is 6.70. The first-order valence-corrected chi connectivity index (χ1v) is 10.3. The van der Waals surface area contributed by atoms with Gasteiger partial charge in [-0.15, -0.1) is 11.3 Å². The van der Waals surface area contributed by atoms with Gasteiger partial charge in [-0.2, -0.15) is 0 Å². The van der Waals surface area contributed by atoms with Gasteiger partial charge in [-0.3, -0.25) is 4.72 Å². The summed E-state index contributed by atoms with van der Waals surface area (Å²) in [6.07, 6.45) is 1.13. The predicted molar refractivity (Wildman–Crippen MR) is 99.2 cm³/mol. The molecule has 0 aliphatic carbocycles. The minimum atomic E-state index is -3.26. The van der Waals surface area contributed by atoms with Crippen molar-refractivity contribution in [1.82, 2.24) is 4.98 Å². The van der Waals surface area contributed by atoms with Gasteiger partial charge in [0.2, 0.25) is 10.0 Å². The Labute approximate surface area is 147 Å². The number of nitrogens with zero attached hydrogens (tertiary/aromatic N) is 1. The molecule has 0 saturated carbocycles. The predicted octanol–water partition coefficient (Wildman–Crippen LogP) is 4.61. The van der Waals surface area contributed by atoms with Crippen molar-refractivity contribution < 1.29 is 8.42 Å². The van der Waals surface area contributed by atoms with Crippen LogP contribution in [0, 0.1) is 0 Å². The summed E-state index contributed by atoms with van der Waals surface area (Å²) in [6, 6.07) is 15.2. The van der Waals surface area contributed by atoms with Crippen LogP contribution in [-0.2, 0) is 10.0 Å². The zero-order valence-corrected chi connectivity index (χ0v) is 15.4. The number of aromatic nitrogens is 1. The molecule has 0 aliphatic heterocycles. The van der Waals surface area contributed by atoms with Gasteiger partial charge in [0.05, 0.1) is 11.9 Å². The van der Waals surface area contributed by atoms with Gasteiger partial charge in [0, 0.05) is 26.7 Å². The lowest BCUT2D eigenvalue weighted by Crippen LogP contribution is -2.09. The summed E-state index contributed by atoms with van der Waals surface area (Å²) in [7, 11) is -3.26. The molecular weight excluding hydrogens is 396 g/mol. The van der Waals surface area contributed by atoms with Crippen molar-refractivity contribution in [3.63, 3.8) is 0 Å². The second-order valence-corrected chi connectivity index (χ2v) is 8.52. The fourth-order valence-corrected chi connectivity index (χ4v) is 3.87. The number of hydrogen-bond acceptors (Lipinski definition) is 4. The third-order valence-corrected chi connectivity index (χ3v) is 5.05. The second-order valence-electron chi connectivity index (χ2n) is 5.00. The van der Waals surface area contributed by atoms with Crippen LogP contribution in [0.3, 0.4) is 0 Å². The number of benzene rings is 2. The van der Waals surface area contributed by atoms with Crippen LogP contribution < -0.4 is 4.72 Å². The summed E-state index contributed by atoms with van der Waals surface area (Å²) in [5.41, 5.74) is 3.42. The highest BCUT2D eigenvalue weighted by Gasteiger charge is 2.08. The Balaban J connectivity index is 1.86. The molecule has 1 heterocycles. The topological polar surface area (TPSA) is 59.1 Å². The van der Waals surface area contributed by atoms with Crippen molar-refractivity contribution in [3.05, 3.63) is 58.4 Å². The quantitative estimate of drug-likeness (QED) is 0.685. The van der Waals surface area contributed by atoms with Crippen LogP contribution in [0.1, 0.15) is 0 Å². The Hall–Kier alpha value is -1.70. The SMILES string of the molecule is CS(=O)(=O)Nc1ccc(-c2csc(-c3cccc(Br)c3)n2)cc1. The van der Waals surface area contributed by atoms with Gasteiger partial charge in [0.15, 0.2) is 0 Å². The van der Waals surface area contributed by atoms with Gasteiger partial charge >= 0.3 is 0 Å². The van der Waals surface area contributed by atoms with Gasteiger partial charge < -0.3 is 0 Å². The highest BCUT2D eigenvalue weighted by Crippen LogP contribution is 2.30. The molecule has 118 valence electrons. The van der Waals surface area contributed by atoms with Crippen LogP contribution in [-0.4, -0.2) is 19.7 Å². The number of nitrogens with one attached hydrogen (secondary N) is 1. The molecule has 0 bridgehead atoms. The van der Waals surface area contributed by atoms with E-state index in [2.05, 4.69) is 25.6 Å². The van der Waals surface area contributed by atoms with Crippen LogP contribution in [0.2, 0.25) is 0 Å². The zero-order chi connectivity index (χ0) is 16.4. The maximum atomic E-state index is 11.2. The third kappa shape index (κ3) is 4.19. The summed E-state index contributed by atoms with van der Waals surface area (Å²) < 4.78 is 25.9. The molecule has 2 aromatic carbocycles. The molecule has 0 atom stereocenters. The third-order valence-electron chi connectivity index (χ3n) is 3.06. The largest absolute Gasteiger partial charge is 0.284 e. The smallest absolute Gasteiger partial charge is 0.229 e. The Morgan fingerprint density at radius 3 is 2.48 bits per heavy atom. The van der Waals surface area contributed by atoms with Gasteiger partial charge in [-0.1, -0.05) is 40.2 Å². The average molecular weight is 409 g/mol. The fourth-order valence-electron chi connectivity index (χ4n) is 2.08. The fraction of sp³-hybridized carbons (Fsp3) is 0.0625. The van der Waals surface area contributed by atoms with E-state index < -0.39 is 10.0 Å². The molecule has 23 heavy (non-hydrogen) atoms. The summed E-state index contributed by atoms with van der Waals surface area (Å²) >= 11 is 5.04. The number of halogens is 1. The van der Waals surface area contributed by atoms with Gasteiger partial charge in [0.25, 0.3) is 0 Å². The maximum Gasteiger partial charge on any atom is 0.229 e. The summed E-state index contributed by atoms with van der Waals surface area (Å²) in [4.78, 5) is 4.66. The van der Waals surface area contributed by atoms with E-state index in [0.717, 1.165) is 32.6 Å². The first kappa shape index (κ1) is 16.2. The monoisotopic (exact) mass is 408 g/mol. The minimum absolute atomic E-state index is 0.540. The van der Waals surface area contributed by atoms with E-state index in [1.165, 1.54) is 0 Å². The van der Waals surface area contributed by atoms with Crippen LogP contribution in [0.5, 0.6) is 0 Å². The summed E-state index contributed by atoms with van der Waals surface area (Å²) in [6.45, 7) is 0. The molecule has 3 aromatic rings. The van der Waals surface area contributed by atoms with E-state index in [-0.39, 0.29) is 0 Å². The molecule has 4 nitrogen and oxygen atoms in total. The van der Waals surface area contributed by atoms with Crippen molar-refractivity contribution in [2.45, 2.75) is 0 Å². The van der Waals surface area contributed by atoms with E-state index >= 15 is 0 Å². The van der Waals surface area contributed by atoms with Crippen molar-refractivity contribution >= 4 is 43.0 Å². The lowest BCUT2D eigenvalue weighted by Gasteiger charge is -2.04. The first-order chi connectivity index (χ1) is 10.9. The number of anilines is 1. The Kier molecular flexibility index (Phi) is 4.52. The lowest BCUT2D eigenvalue weighted by molar-refractivity contribution is 0.607. The lowest BCUT2D eigenvalue weighted by atomic mass is 10.1. The molecule has 1 aromatic heterocycles. The van der Waals surface area contributed by atoms with Crippen LogP contribution >= 0.6 is 27.3 Å². The molecule has 0 saturated heterocycles. The Bertz CT molecular complexity index is 935. The standard InChI is InChI=1S/C16H13BrN2O2S2/c1-23(20,21)19-14-7-5-11(6-8-14)15-10-22-16(18-15)12-3-2-4-13(17)9-12/h2-10,19H,1H3. The van der Waals surface area contributed by atoms with E-state index in [1.807, 2.05) is 41.8 Å². The number of thiazole rings is 1. The molecular formula is C16H13BrN2O2S2. The number of hydrogen-bond donors (Lipinski definition) is 1. The summed E-state index contributed by atoms with van der Waals surface area (Å²) in [5, 5.41) is 2.94. The molecule has 1 N–H and O–H groups in total. The zero-order valence-electron chi connectivity index (χ0n) is 12.2. The van der Waals surface area contributed by atoms with Gasteiger partial charge in [-0.05, 0) is 24.3 Å². The van der Waals surface area contributed by atoms with E-state index in [0.29, 0.717) is 5.69 Å². The molecule has 0 aliphatic rings. The molecule has 0 spiro atoms. The van der Waals surface area contributed by atoms with E-state index in [9.17, 15) is 8.42 Å². The van der Waals surface area contributed by atoms with Crippen LogP contribution in [0.15, 0.2) is 58.4 Å². The minimum Gasteiger partial charge on any atom is -0.284 e. The number of rotatable bonds is 4. The van der Waals surface area contributed by atoms with Crippen molar-refractivity contribution in [1.29, 1.82) is 0 Å². The number of sulfonamides is 1. The molecule has 7 heteroatoms. The summed E-state index contributed by atoms with van der Waals surface area (Å²) in [5.74, 6) is 0. The van der Waals surface area contributed by atoms with Crippen molar-refractivity contribution in [3.8, 4) is 21.8 Å². The Morgan fingerprint density at radius 1 is 1.09 bits per heavy atom.